The molecule has 4 rings (SSSR count). The Morgan fingerprint density at radius 3 is 2.30 bits per heavy atom. The third-order valence-corrected chi connectivity index (χ3v) is 5.35. The number of phenols is 1. The summed E-state index contributed by atoms with van der Waals surface area (Å²) in [4.78, 5) is 16.7. The Morgan fingerprint density at radius 1 is 1.00 bits per heavy atom. The SMILES string of the molecule is [CH]c1ccc(Nc2c(C(C)=O)cnc3ccc(-c4cc(Cl)c(O)c(Cl)c4)cc23)cc1. The van der Waals surface area contributed by atoms with Gasteiger partial charge in [-0.25, -0.2) is 0 Å². The van der Waals surface area contributed by atoms with Gasteiger partial charge in [0.25, 0.3) is 0 Å². The van der Waals surface area contributed by atoms with Crippen molar-refractivity contribution in [3.05, 3.63) is 88.9 Å². The molecule has 2 N–H and O–H groups in total. The lowest BCUT2D eigenvalue weighted by atomic mass is 10.00. The second-order valence-electron chi connectivity index (χ2n) is 6.87. The van der Waals surface area contributed by atoms with Crippen molar-refractivity contribution in [2.24, 2.45) is 0 Å². The van der Waals surface area contributed by atoms with Crippen molar-refractivity contribution < 1.29 is 9.90 Å². The van der Waals surface area contributed by atoms with Crippen LogP contribution in [0.15, 0.2) is 60.8 Å². The van der Waals surface area contributed by atoms with Gasteiger partial charge in [-0.1, -0.05) is 41.4 Å². The molecule has 0 atom stereocenters. The molecule has 1 aromatic heterocycles. The summed E-state index contributed by atoms with van der Waals surface area (Å²) in [5.41, 5.74) is 4.83. The predicted molar refractivity (Wildman–Crippen MR) is 122 cm³/mol. The predicted octanol–water partition coefficient (Wildman–Crippen LogP) is 6.92. The van der Waals surface area contributed by atoms with Crippen molar-refractivity contribution >= 4 is 51.3 Å². The van der Waals surface area contributed by atoms with Crippen LogP contribution in [0.5, 0.6) is 5.75 Å². The number of hydrogen-bond donors (Lipinski definition) is 2. The van der Waals surface area contributed by atoms with Crippen LogP contribution >= 0.6 is 23.2 Å². The largest absolute Gasteiger partial charge is 0.505 e. The van der Waals surface area contributed by atoms with Gasteiger partial charge in [-0.2, -0.15) is 0 Å². The van der Waals surface area contributed by atoms with Crippen LogP contribution in [0.1, 0.15) is 22.8 Å². The van der Waals surface area contributed by atoms with Crippen molar-refractivity contribution in [1.82, 2.24) is 4.98 Å². The average Bonchev–Trinajstić information content (AvgIpc) is 2.73. The molecule has 0 unspecified atom stereocenters. The van der Waals surface area contributed by atoms with E-state index >= 15 is 0 Å². The summed E-state index contributed by atoms with van der Waals surface area (Å²) in [6.45, 7) is 7.28. The summed E-state index contributed by atoms with van der Waals surface area (Å²) in [7, 11) is 0. The van der Waals surface area contributed by atoms with Crippen molar-refractivity contribution in [3.63, 3.8) is 0 Å². The summed E-state index contributed by atoms with van der Waals surface area (Å²) in [6, 6.07) is 16.2. The quantitative estimate of drug-likeness (QED) is 0.342. The number of ketones is 1. The highest BCUT2D eigenvalue weighted by Gasteiger charge is 2.15. The molecule has 148 valence electrons. The van der Waals surface area contributed by atoms with Crippen LogP contribution < -0.4 is 5.32 Å². The minimum absolute atomic E-state index is 0.108. The Hall–Kier alpha value is -3.08. The molecule has 4 nitrogen and oxygen atoms in total. The van der Waals surface area contributed by atoms with E-state index in [0.717, 1.165) is 27.7 Å². The van der Waals surface area contributed by atoms with Crippen LogP contribution in [0.4, 0.5) is 11.4 Å². The van der Waals surface area contributed by atoms with E-state index in [0.29, 0.717) is 16.8 Å². The van der Waals surface area contributed by atoms with Gasteiger partial charge >= 0.3 is 0 Å². The topological polar surface area (TPSA) is 62.2 Å². The molecule has 0 saturated carbocycles. The summed E-state index contributed by atoms with van der Waals surface area (Å²) in [5, 5.41) is 14.3. The number of anilines is 2. The summed E-state index contributed by atoms with van der Waals surface area (Å²) in [5.74, 6) is -0.266. The van der Waals surface area contributed by atoms with E-state index < -0.39 is 0 Å². The van der Waals surface area contributed by atoms with Crippen molar-refractivity contribution in [2.45, 2.75) is 6.92 Å². The van der Waals surface area contributed by atoms with Crippen LogP contribution in [-0.4, -0.2) is 15.9 Å². The number of phenolic OH excluding ortho intramolecular Hbond substituents is 1. The molecule has 2 radical (unpaired) electrons. The number of hydrogen-bond acceptors (Lipinski definition) is 4. The number of rotatable bonds is 4. The number of fused-ring (bicyclic) bond motifs is 1. The van der Waals surface area contributed by atoms with Crippen LogP contribution in [-0.2, 0) is 0 Å². The van der Waals surface area contributed by atoms with Gasteiger partial charge in [-0.05, 0) is 66.9 Å². The molecule has 0 fully saturated rings. The molecular formula is C24H16Cl2N2O2. The highest BCUT2D eigenvalue weighted by molar-refractivity contribution is 6.37. The number of nitrogens with one attached hydrogen (secondary N) is 1. The second kappa shape index (κ2) is 7.98. The molecule has 1 heterocycles. The van der Waals surface area contributed by atoms with Gasteiger partial charge < -0.3 is 10.4 Å². The first kappa shape index (κ1) is 20.2. The number of aromatic hydroxyl groups is 1. The maximum Gasteiger partial charge on any atom is 0.163 e. The molecule has 0 spiro atoms. The van der Waals surface area contributed by atoms with Gasteiger partial charge in [0.05, 0.1) is 26.8 Å². The lowest BCUT2D eigenvalue weighted by Gasteiger charge is -2.15. The first-order valence-electron chi connectivity index (χ1n) is 9.08. The summed E-state index contributed by atoms with van der Waals surface area (Å²) in [6.07, 6.45) is 1.57. The minimum atomic E-state index is -0.158. The molecule has 0 amide bonds. The molecule has 0 saturated heterocycles. The Morgan fingerprint density at radius 2 is 1.67 bits per heavy atom. The number of carbonyl (C=O) groups excluding carboxylic acids is 1. The van der Waals surface area contributed by atoms with Gasteiger partial charge in [0.2, 0.25) is 0 Å². The first-order valence-corrected chi connectivity index (χ1v) is 9.83. The zero-order valence-electron chi connectivity index (χ0n) is 15.9. The first-order chi connectivity index (χ1) is 14.3. The van der Waals surface area contributed by atoms with Gasteiger partial charge in [-0.3, -0.25) is 9.78 Å². The maximum atomic E-state index is 12.3. The minimum Gasteiger partial charge on any atom is -0.505 e. The molecule has 4 aromatic rings. The van der Waals surface area contributed by atoms with Gasteiger partial charge in [0.1, 0.15) is 0 Å². The Balaban J connectivity index is 1.91. The summed E-state index contributed by atoms with van der Waals surface area (Å²) >= 11 is 12.2. The standard InChI is InChI=1S/C24H16Cl2N2O2/c1-13-3-6-17(7-4-13)28-23-18-9-15(16-10-20(25)24(30)21(26)11-16)5-8-22(18)27-12-19(23)14(2)29/h1,3-12,30H,2H3,(H,27,28). The van der Waals surface area contributed by atoms with Gasteiger partial charge in [-0.15, -0.1) is 0 Å². The van der Waals surface area contributed by atoms with E-state index in [4.69, 9.17) is 30.1 Å². The number of aromatic nitrogens is 1. The monoisotopic (exact) mass is 434 g/mol. The number of pyridine rings is 1. The van der Waals surface area contributed by atoms with E-state index in [1.165, 1.54) is 6.92 Å². The number of halogens is 2. The maximum absolute atomic E-state index is 12.3. The van der Waals surface area contributed by atoms with Crippen LogP contribution in [0, 0.1) is 6.92 Å². The zero-order chi connectivity index (χ0) is 21.4. The molecular weight excluding hydrogens is 419 g/mol. The Bertz CT molecular complexity index is 1260. The third-order valence-electron chi connectivity index (χ3n) is 4.78. The number of carbonyl (C=O) groups is 1. The van der Waals surface area contributed by atoms with E-state index in [-0.39, 0.29) is 21.6 Å². The molecule has 3 aromatic carbocycles. The zero-order valence-corrected chi connectivity index (χ0v) is 17.4. The third kappa shape index (κ3) is 3.84. The molecule has 0 bridgehead atoms. The number of Topliss-reactive ketones (excluding diaryl/α,β-unsaturated/α-hetero) is 1. The molecule has 0 aliphatic heterocycles. The Labute approximate surface area is 184 Å². The lowest BCUT2D eigenvalue weighted by molar-refractivity contribution is 0.101. The smallest absolute Gasteiger partial charge is 0.163 e. The average molecular weight is 435 g/mol. The fraction of sp³-hybridized carbons (Fsp3) is 0.0417. The van der Waals surface area contributed by atoms with E-state index in [1.807, 2.05) is 30.3 Å². The second-order valence-corrected chi connectivity index (χ2v) is 7.68. The lowest BCUT2D eigenvalue weighted by Crippen LogP contribution is -2.03. The van der Waals surface area contributed by atoms with E-state index in [9.17, 15) is 9.90 Å². The van der Waals surface area contributed by atoms with Gasteiger partial charge in [0.15, 0.2) is 11.5 Å². The van der Waals surface area contributed by atoms with E-state index in [1.54, 1.807) is 30.5 Å². The van der Waals surface area contributed by atoms with E-state index in [2.05, 4.69) is 10.3 Å². The van der Waals surface area contributed by atoms with Crippen LogP contribution in [0.2, 0.25) is 10.0 Å². The highest BCUT2D eigenvalue weighted by Crippen LogP contribution is 2.38. The normalized spacial score (nSPS) is 10.9. The fourth-order valence-electron chi connectivity index (χ4n) is 3.22. The highest BCUT2D eigenvalue weighted by atomic mass is 35.5. The molecule has 0 aliphatic carbocycles. The van der Waals surface area contributed by atoms with Crippen LogP contribution in [0.3, 0.4) is 0 Å². The van der Waals surface area contributed by atoms with Crippen molar-refractivity contribution in [2.75, 3.05) is 5.32 Å². The van der Waals surface area contributed by atoms with Crippen molar-refractivity contribution in [3.8, 4) is 16.9 Å². The molecule has 30 heavy (non-hydrogen) atoms. The number of nitrogens with zero attached hydrogens (tertiary/aromatic N) is 1. The fourth-order valence-corrected chi connectivity index (χ4v) is 3.70. The van der Waals surface area contributed by atoms with Gasteiger partial charge in [0, 0.05) is 17.3 Å². The molecule has 0 aliphatic rings. The van der Waals surface area contributed by atoms with Crippen molar-refractivity contribution in [1.29, 1.82) is 0 Å². The Kier molecular flexibility index (Phi) is 5.37. The summed E-state index contributed by atoms with van der Waals surface area (Å²) < 4.78 is 0. The van der Waals surface area contributed by atoms with Crippen LogP contribution in [0.25, 0.3) is 22.0 Å². The molecule has 6 heteroatoms. The number of benzene rings is 3.